The quantitative estimate of drug-likeness (QED) is 0.668. The summed E-state index contributed by atoms with van der Waals surface area (Å²) >= 11 is 1.03. The number of thiazole rings is 1. The lowest BCUT2D eigenvalue weighted by Crippen LogP contribution is -2.28. The molecule has 2 rings (SSSR count). The van der Waals surface area contributed by atoms with E-state index in [1.807, 2.05) is 0 Å². The summed E-state index contributed by atoms with van der Waals surface area (Å²) in [6, 6.07) is 6.17. The minimum absolute atomic E-state index is 0.104. The zero-order valence-corrected chi connectivity index (χ0v) is 11.7. The molecule has 0 aliphatic carbocycles. The van der Waals surface area contributed by atoms with Crippen molar-refractivity contribution in [3.63, 3.8) is 0 Å². The number of urea groups is 1. The van der Waals surface area contributed by atoms with Crippen molar-refractivity contribution < 1.29 is 14.7 Å². The molecule has 1 aromatic carbocycles. The van der Waals surface area contributed by atoms with Gasteiger partial charge in [-0.15, -0.1) is 0 Å². The first-order valence-electron chi connectivity index (χ1n) is 6.05. The fraction of sp³-hybridized carbons (Fsp3) is 0.154. The van der Waals surface area contributed by atoms with Gasteiger partial charge in [-0.05, 0) is 17.7 Å². The van der Waals surface area contributed by atoms with Crippen LogP contribution in [0.3, 0.4) is 0 Å². The third-order valence-corrected chi connectivity index (χ3v) is 3.27. The summed E-state index contributed by atoms with van der Waals surface area (Å²) in [5, 5.41) is 15.6. The molecule has 0 aliphatic rings. The zero-order valence-electron chi connectivity index (χ0n) is 10.9. The van der Waals surface area contributed by atoms with E-state index in [2.05, 4.69) is 15.6 Å². The lowest BCUT2D eigenvalue weighted by atomic mass is 10.1. The minimum atomic E-state index is -0.932. The van der Waals surface area contributed by atoms with Crippen molar-refractivity contribution in [2.45, 2.75) is 13.0 Å². The van der Waals surface area contributed by atoms with Crippen molar-refractivity contribution in [2.24, 2.45) is 0 Å². The number of hydrogen-bond acceptors (Lipinski definition) is 4. The van der Waals surface area contributed by atoms with E-state index in [0.717, 1.165) is 11.3 Å². The van der Waals surface area contributed by atoms with Gasteiger partial charge in [-0.2, -0.15) is 0 Å². The number of nitrogens with one attached hydrogen (secondary N) is 3. The lowest BCUT2D eigenvalue weighted by Gasteiger charge is -2.07. The SMILES string of the molecule is O=C(O)Cc1cccc(NC(=O)NCc2csc(=O)[nH]2)c1. The van der Waals surface area contributed by atoms with Crippen molar-refractivity contribution in [1.82, 2.24) is 10.3 Å². The number of hydrogen-bond donors (Lipinski definition) is 4. The standard InChI is InChI=1S/C13H13N3O4S/c17-11(18)5-8-2-1-3-9(4-8)15-12(19)14-6-10-7-21-13(20)16-10/h1-4,7H,5-6H2,(H,16,20)(H,17,18)(H2,14,15,19). The second kappa shape index (κ2) is 6.71. The largest absolute Gasteiger partial charge is 0.481 e. The van der Waals surface area contributed by atoms with Crippen molar-refractivity contribution in [2.75, 3.05) is 5.32 Å². The molecule has 0 bridgehead atoms. The molecule has 0 saturated carbocycles. The Kier molecular flexibility index (Phi) is 4.72. The average molecular weight is 307 g/mol. The average Bonchev–Trinajstić information content (AvgIpc) is 2.82. The van der Waals surface area contributed by atoms with Gasteiger partial charge < -0.3 is 20.7 Å². The summed E-state index contributed by atoms with van der Waals surface area (Å²) in [5.41, 5.74) is 1.73. The Balaban J connectivity index is 1.90. The van der Waals surface area contributed by atoms with Crippen LogP contribution >= 0.6 is 11.3 Å². The van der Waals surface area contributed by atoms with Crippen LogP contribution in [0.5, 0.6) is 0 Å². The first-order chi connectivity index (χ1) is 10.0. The number of aliphatic carboxylic acids is 1. The minimum Gasteiger partial charge on any atom is -0.481 e. The maximum absolute atomic E-state index is 11.7. The van der Waals surface area contributed by atoms with Gasteiger partial charge in [0, 0.05) is 16.8 Å². The summed E-state index contributed by atoms with van der Waals surface area (Å²) in [4.78, 5) is 35.7. The normalized spacial score (nSPS) is 10.1. The van der Waals surface area contributed by atoms with Gasteiger partial charge in [0.05, 0.1) is 13.0 Å². The first-order valence-corrected chi connectivity index (χ1v) is 6.93. The van der Waals surface area contributed by atoms with E-state index in [-0.39, 0.29) is 17.8 Å². The highest BCUT2D eigenvalue weighted by Gasteiger charge is 2.05. The van der Waals surface area contributed by atoms with Gasteiger partial charge >= 0.3 is 16.9 Å². The molecule has 8 heteroatoms. The van der Waals surface area contributed by atoms with Gasteiger partial charge in [0.25, 0.3) is 0 Å². The molecule has 0 radical (unpaired) electrons. The van der Waals surface area contributed by atoms with Crippen molar-refractivity contribution in [1.29, 1.82) is 0 Å². The molecule has 21 heavy (non-hydrogen) atoms. The Hall–Kier alpha value is -2.61. The number of carboxylic acids is 1. The molecule has 0 aliphatic heterocycles. The Labute approximate surface area is 123 Å². The van der Waals surface area contributed by atoms with E-state index < -0.39 is 12.0 Å². The number of benzene rings is 1. The highest BCUT2D eigenvalue weighted by molar-refractivity contribution is 7.07. The van der Waals surface area contributed by atoms with Crippen LogP contribution in [-0.4, -0.2) is 22.1 Å². The molecule has 0 spiro atoms. The van der Waals surface area contributed by atoms with E-state index >= 15 is 0 Å². The van der Waals surface area contributed by atoms with Crippen molar-refractivity contribution in [3.05, 3.63) is 50.6 Å². The Morgan fingerprint density at radius 1 is 1.33 bits per heavy atom. The van der Waals surface area contributed by atoms with Crippen LogP contribution in [0, 0.1) is 0 Å². The summed E-state index contributed by atoms with van der Waals surface area (Å²) < 4.78 is 0. The Bertz CT molecular complexity index is 707. The zero-order chi connectivity index (χ0) is 15.2. The van der Waals surface area contributed by atoms with Crippen LogP contribution in [0.2, 0.25) is 0 Å². The summed E-state index contributed by atoms with van der Waals surface area (Å²) in [6.07, 6.45) is -0.104. The molecule has 0 saturated heterocycles. The summed E-state index contributed by atoms with van der Waals surface area (Å²) in [7, 11) is 0. The predicted molar refractivity (Wildman–Crippen MR) is 78.6 cm³/mol. The first kappa shape index (κ1) is 14.8. The van der Waals surface area contributed by atoms with Crippen LogP contribution in [0.15, 0.2) is 34.4 Å². The smallest absolute Gasteiger partial charge is 0.319 e. The van der Waals surface area contributed by atoms with E-state index in [4.69, 9.17) is 5.11 Å². The monoisotopic (exact) mass is 307 g/mol. The van der Waals surface area contributed by atoms with Gasteiger partial charge in [0.2, 0.25) is 0 Å². The Morgan fingerprint density at radius 2 is 2.14 bits per heavy atom. The van der Waals surface area contributed by atoms with Crippen LogP contribution in [0.4, 0.5) is 10.5 Å². The van der Waals surface area contributed by atoms with Crippen molar-refractivity contribution >= 4 is 29.0 Å². The fourth-order valence-corrected chi connectivity index (χ4v) is 2.27. The number of aromatic nitrogens is 1. The number of H-pyrrole nitrogens is 1. The van der Waals surface area contributed by atoms with E-state index in [9.17, 15) is 14.4 Å². The number of carbonyl (C=O) groups is 2. The number of carboxylic acid groups (broad SMARTS) is 1. The lowest BCUT2D eigenvalue weighted by molar-refractivity contribution is -0.136. The van der Waals surface area contributed by atoms with E-state index in [1.165, 1.54) is 0 Å². The second-order valence-electron chi connectivity index (χ2n) is 4.25. The maximum atomic E-state index is 11.7. The molecule has 1 aromatic heterocycles. The molecule has 1 heterocycles. The van der Waals surface area contributed by atoms with Crippen molar-refractivity contribution in [3.8, 4) is 0 Å². The van der Waals surface area contributed by atoms with Gasteiger partial charge in [-0.25, -0.2) is 4.79 Å². The molecule has 0 atom stereocenters. The molecule has 2 amide bonds. The van der Waals surface area contributed by atoms with Gasteiger partial charge in [-0.3, -0.25) is 9.59 Å². The van der Waals surface area contributed by atoms with Gasteiger partial charge in [-0.1, -0.05) is 23.5 Å². The molecule has 0 fully saturated rings. The molecule has 110 valence electrons. The number of amides is 2. The molecular formula is C13H13N3O4S. The number of aromatic amines is 1. The summed E-state index contributed by atoms with van der Waals surface area (Å²) in [5.74, 6) is -0.932. The number of rotatable bonds is 5. The second-order valence-corrected chi connectivity index (χ2v) is 5.09. The number of anilines is 1. The predicted octanol–water partition coefficient (Wildman–Crippen LogP) is 1.39. The van der Waals surface area contributed by atoms with E-state index in [1.54, 1.807) is 29.6 Å². The molecular weight excluding hydrogens is 294 g/mol. The third-order valence-electron chi connectivity index (χ3n) is 2.55. The molecule has 7 nitrogen and oxygen atoms in total. The Morgan fingerprint density at radius 3 is 2.81 bits per heavy atom. The fourth-order valence-electron chi connectivity index (χ4n) is 1.68. The third kappa shape index (κ3) is 4.77. The van der Waals surface area contributed by atoms with Crippen LogP contribution < -0.4 is 15.5 Å². The molecule has 2 aromatic rings. The van der Waals surface area contributed by atoms with E-state index in [0.29, 0.717) is 16.9 Å². The number of carbonyl (C=O) groups excluding carboxylic acids is 1. The topological polar surface area (TPSA) is 111 Å². The molecule has 0 unspecified atom stereocenters. The highest BCUT2D eigenvalue weighted by atomic mass is 32.1. The van der Waals surface area contributed by atoms with Crippen LogP contribution in [0.1, 0.15) is 11.3 Å². The van der Waals surface area contributed by atoms with Gasteiger partial charge in [0.1, 0.15) is 0 Å². The maximum Gasteiger partial charge on any atom is 0.319 e. The van der Waals surface area contributed by atoms with Crippen LogP contribution in [-0.2, 0) is 17.8 Å². The van der Waals surface area contributed by atoms with Crippen LogP contribution in [0.25, 0.3) is 0 Å². The highest BCUT2D eigenvalue weighted by Crippen LogP contribution is 2.11. The van der Waals surface area contributed by atoms with Gasteiger partial charge in [0.15, 0.2) is 0 Å². The molecule has 4 N–H and O–H groups in total. The summed E-state index contributed by atoms with van der Waals surface area (Å²) in [6.45, 7) is 0.208.